The normalized spacial score (nSPS) is 21.1. The molecule has 3 aromatic carbocycles. The van der Waals surface area contributed by atoms with E-state index in [9.17, 15) is 13.5 Å². The van der Waals surface area contributed by atoms with Crippen molar-refractivity contribution in [1.29, 1.82) is 0 Å². The highest BCUT2D eigenvalue weighted by atomic mass is 32.2. The Morgan fingerprint density at radius 1 is 0.944 bits per heavy atom. The van der Waals surface area contributed by atoms with Gasteiger partial charge in [-0.25, -0.2) is 8.42 Å². The number of nitrogens with zero attached hydrogens (tertiary/aromatic N) is 1. The summed E-state index contributed by atoms with van der Waals surface area (Å²) < 4.78 is 39.4. The minimum atomic E-state index is -3.69. The highest BCUT2D eigenvalue weighted by Gasteiger charge is 2.37. The zero-order valence-electron chi connectivity index (χ0n) is 20.6. The Morgan fingerprint density at radius 3 is 2.28 bits per heavy atom. The average Bonchev–Trinajstić information content (AvgIpc) is 2.88. The van der Waals surface area contributed by atoms with Crippen molar-refractivity contribution < 1.29 is 23.0 Å². The zero-order chi connectivity index (χ0) is 25.4. The molecule has 1 fully saturated rings. The SMILES string of the molecule is COc1cc2c(cc1OC)C1CC(O)CCC1N=C2c1ccc(NS(=O)(=O)c2ccc(C)cc2)cc1. The van der Waals surface area contributed by atoms with E-state index >= 15 is 0 Å². The quantitative estimate of drug-likeness (QED) is 0.507. The van der Waals surface area contributed by atoms with Crippen molar-refractivity contribution in [1.82, 2.24) is 0 Å². The average molecular weight is 507 g/mol. The van der Waals surface area contributed by atoms with Gasteiger partial charge in [0.05, 0.1) is 37.0 Å². The van der Waals surface area contributed by atoms with Crippen molar-refractivity contribution in [2.75, 3.05) is 18.9 Å². The van der Waals surface area contributed by atoms with E-state index in [1.165, 1.54) is 0 Å². The van der Waals surface area contributed by atoms with Crippen molar-refractivity contribution in [3.8, 4) is 11.5 Å². The number of rotatable bonds is 6. The first-order valence-corrected chi connectivity index (χ1v) is 13.5. The van der Waals surface area contributed by atoms with Gasteiger partial charge in [0.1, 0.15) is 0 Å². The minimum absolute atomic E-state index is 0.0636. The van der Waals surface area contributed by atoms with Crippen LogP contribution in [0.2, 0.25) is 0 Å². The van der Waals surface area contributed by atoms with E-state index in [-0.39, 0.29) is 23.0 Å². The maximum absolute atomic E-state index is 12.8. The summed E-state index contributed by atoms with van der Waals surface area (Å²) >= 11 is 0. The molecule has 1 saturated carbocycles. The first-order valence-electron chi connectivity index (χ1n) is 12.0. The summed E-state index contributed by atoms with van der Waals surface area (Å²) in [5, 5.41) is 10.3. The number of aryl methyl sites for hydroxylation is 1. The number of methoxy groups -OCH3 is 2. The lowest BCUT2D eigenvalue weighted by Gasteiger charge is -2.37. The number of hydrogen-bond donors (Lipinski definition) is 2. The molecule has 3 unspecified atom stereocenters. The first kappa shape index (κ1) is 24.3. The van der Waals surface area contributed by atoms with Crippen LogP contribution in [-0.2, 0) is 10.0 Å². The Labute approximate surface area is 211 Å². The maximum atomic E-state index is 12.8. The van der Waals surface area contributed by atoms with Crippen molar-refractivity contribution in [3.05, 3.63) is 82.9 Å². The van der Waals surface area contributed by atoms with E-state index in [0.29, 0.717) is 23.6 Å². The molecule has 3 atom stereocenters. The fourth-order valence-electron chi connectivity index (χ4n) is 5.12. The molecule has 0 saturated heterocycles. The maximum Gasteiger partial charge on any atom is 0.261 e. The molecular weight excluding hydrogens is 476 g/mol. The van der Waals surface area contributed by atoms with Crippen LogP contribution in [0.15, 0.2) is 70.6 Å². The summed E-state index contributed by atoms with van der Waals surface area (Å²) in [5.41, 5.74) is 5.21. The molecule has 3 aromatic rings. The fraction of sp³-hybridized carbons (Fsp3) is 0.321. The number of nitrogens with one attached hydrogen (secondary N) is 1. The molecule has 0 spiro atoms. The third kappa shape index (κ3) is 4.58. The highest BCUT2D eigenvalue weighted by molar-refractivity contribution is 7.92. The molecule has 0 bridgehead atoms. The second-order valence-electron chi connectivity index (χ2n) is 9.41. The fourth-order valence-corrected chi connectivity index (χ4v) is 6.18. The third-order valence-electron chi connectivity index (χ3n) is 7.03. The van der Waals surface area contributed by atoms with Crippen LogP contribution in [0.4, 0.5) is 5.69 Å². The number of fused-ring (bicyclic) bond motifs is 3. The number of aliphatic imine (C=N–C) groups is 1. The van der Waals surface area contributed by atoms with Gasteiger partial charge in [-0.15, -0.1) is 0 Å². The van der Waals surface area contributed by atoms with Crippen LogP contribution in [-0.4, -0.2) is 45.6 Å². The van der Waals surface area contributed by atoms with Gasteiger partial charge in [0.15, 0.2) is 11.5 Å². The molecule has 2 N–H and O–H groups in total. The van der Waals surface area contributed by atoms with Crippen molar-refractivity contribution in [2.45, 2.75) is 49.1 Å². The number of benzene rings is 3. The van der Waals surface area contributed by atoms with E-state index in [4.69, 9.17) is 14.5 Å². The van der Waals surface area contributed by atoms with Gasteiger partial charge in [0, 0.05) is 22.7 Å². The van der Waals surface area contributed by atoms with Crippen LogP contribution in [0, 0.1) is 6.92 Å². The number of ether oxygens (including phenoxy) is 2. The molecule has 2 aliphatic rings. The summed E-state index contributed by atoms with van der Waals surface area (Å²) in [5.74, 6) is 1.37. The number of aliphatic hydroxyl groups excluding tert-OH is 1. The summed E-state index contributed by atoms with van der Waals surface area (Å²) in [6.07, 6.45) is 1.84. The lowest BCUT2D eigenvalue weighted by Crippen LogP contribution is -2.34. The molecule has 0 radical (unpaired) electrons. The molecule has 1 aliphatic heterocycles. The van der Waals surface area contributed by atoms with Crippen molar-refractivity contribution >= 4 is 21.4 Å². The highest BCUT2D eigenvalue weighted by Crippen LogP contribution is 2.45. The zero-order valence-corrected chi connectivity index (χ0v) is 21.4. The third-order valence-corrected chi connectivity index (χ3v) is 8.43. The summed E-state index contributed by atoms with van der Waals surface area (Å²) in [4.78, 5) is 5.33. The Morgan fingerprint density at radius 2 is 1.61 bits per heavy atom. The van der Waals surface area contributed by atoms with E-state index in [0.717, 1.165) is 40.8 Å². The van der Waals surface area contributed by atoms with Gasteiger partial charge in [0.2, 0.25) is 0 Å². The van der Waals surface area contributed by atoms with Crippen LogP contribution in [0.3, 0.4) is 0 Å². The van der Waals surface area contributed by atoms with Gasteiger partial charge in [-0.3, -0.25) is 9.71 Å². The van der Waals surface area contributed by atoms with Gasteiger partial charge < -0.3 is 14.6 Å². The molecule has 36 heavy (non-hydrogen) atoms. The Hall–Kier alpha value is -3.36. The number of anilines is 1. The van der Waals surface area contributed by atoms with Gasteiger partial charge >= 0.3 is 0 Å². The Balaban J connectivity index is 1.49. The second kappa shape index (κ2) is 9.59. The molecule has 0 amide bonds. The van der Waals surface area contributed by atoms with Crippen molar-refractivity contribution in [3.63, 3.8) is 0 Å². The first-order chi connectivity index (χ1) is 17.3. The predicted octanol–water partition coefficient (Wildman–Crippen LogP) is 4.66. The van der Waals surface area contributed by atoms with E-state index in [2.05, 4.69) is 4.72 Å². The minimum Gasteiger partial charge on any atom is -0.493 e. The summed E-state index contributed by atoms with van der Waals surface area (Å²) in [7, 11) is -0.469. The van der Waals surface area contributed by atoms with E-state index in [1.54, 1.807) is 50.6 Å². The lowest BCUT2D eigenvalue weighted by atomic mass is 9.74. The topological polar surface area (TPSA) is 97.2 Å². The molecule has 1 aliphatic carbocycles. The van der Waals surface area contributed by atoms with Gasteiger partial charge in [-0.1, -0.05) is 29.8 Å². The van der Waals surface area contributed by atoms with E-state index < -0.39 is 10.0 Å². The predicted molar refractivity (Wildman–Crippen MR) is 140 cm³/mol. The largest absolute Gasteiger partial charge is 0.493 e. The number of aliphatic hydroxyl groups is 1. The molecule has 8 heteroatoms. The molecular formula is C28H30N2O5S. The van der Waals surface area contributed by atoms with Crippen LogP contribution in [0.25, 0.3) is 0 Å². The van der Waals surface area contributed by atoms with Gasteiger partial charge in [-0.05, 0) is 68.1 Å². The molecule has 5 rings (SSSR count). The molecule has 1 heterocycles. The van der Waals surface area contributed by atoms with E-state index in [1.807, 2.05) is 31.2 Å². The van der Waals surface area contributed by atoms with Gasteiger partial charge in [-0.2, -0.15) is 0 Å². The van der Waals surface area contributed by atoms with Crippen LogP contribution in [0.5, 0.6) is 11.5 Å². The smallest absolute Gasteiger partial charge is 0.261 e. The molecule has 188 valence electrons. The number of sulfonamides is 1. The standard InChI is InChI=1S/C28H30N2O5S/c1-17-4-11-21(12-5-17)36(32,33)30-19-8-6-18(7-9-19)28-24-16-27(35-3)26(34-2)15-22(24)23-14-20(31)10-13-25(23)29-28/h4-9,11-12,15-16,20,23,25,30-31H,10,13-14H2,1-3H3. The van der Waals surface area contributed by atoms with Crippen molar-refractivity contribution in [2.24, 2.45) is 4.99 Å². The number of hydrogen-bond acceptors (Lipinski definition) is 6. The van der Waals surface area contributed by atoms with Crippen LogP contribution in [0.1, 0.15) is 47.4 Å². The Kier molecular flexibility index (Phi) is 6.49. The van der Waals surface area contributed by atoms with Crippen LogP contribution >= 0.6 is 0 Å². The summed E-state index contributed by atoms with van der Waals surface area (Å²) in [6.45, 7) is 1.91. The Bertz CT molecular complexity index is 1400. The lowest BCUT2D eigenvalue weighted by molar-refractivity contribution is 0.111. The molecule has 7 nitrogen and oxygen atoms in total. The van der Waals surface area contributed by atoms with Crippen LogP contribution < -0.4 is 14.2 Å². The summed E-state index contributed by atoms with van der Waals surface area (Å²) in [6, 6.07) is 18.0. The second-order valence-corrected chi connectivity index (χ2v) is 11.1. The molecule has 0 aromatic heterocycles. The van der Waals surface area contributed by atoms with Gasteiger partial charge in [0.25, 0.3) is 10.0 Å². The monoisotopic (exact) mass is 506 g/mol.